The Kier molecular flexibility index (Phi) is 6.03. The molecule has 132 valence electrons. The first-order valence-electron chi connectivity index (χ1n) is 8.88. The molecule has 2 aromatic rings. The van der Waals surface area contributed by atoms with Gasteiger partial charge in [-0.1, -0.05) is 36.8 Å². The third-order valence-electron chi connectivity index (χ3n) is 4.56. The highest BCUT2D eigenvalue weighted by atomic mass is 32.2. The number of nitrogens with one attached hydrogen (secondary N) is 1. The van der Waals surface area contributed by atoms with Crippen LogP contribution in [-0.2, 0) is 10.5 Å². The molecule has 3 rings (SSSR count). The Morgan fingerprint density at radius 3 is 2.52 bits per heavy atom. The lowest BCUT2D eigenvalue weighted by Crippen LogP contribution is -2.19. The molecule has 1 N–H and O–H groups in total. The molecule has 1 aliphatic heterocycles. The van der Waals surface area contributed by atoms with Crippen molar-refractivity contribution in [2.45, 2.75) is 26.0 Å². The Hall–Kier alpha value is -1.94. The summed E-state index contributed by atoms with van der Waals surface area (Å²) < 4.78 is 0. The van der Waals surface area contributed by atoms with Gasteiger partial charge in [-0.05, 0) is 49.1 Å². The highest BCUT2D eigenvalue weighted by Gasteiger charge is 2.18. The van der Waals surface area contributed by atoms with Gasteiger partial charge >= 0.3 is 0 Å². The summed E-state index contributed by atoms with van der Waals surface area (Å²) in [5.41, 5.74) is 4.64. The topological polar surface area (TPSA) is 32.3 Å². The summed E-state index contributed by atoms with van der Waals surface area (Å²) in [7, 11) is 0. The van der Waals surface area contributed by atoms with Gasteiger partial charge < -0.3 is 10.2 Å². The summed E-state index contributed by atoms with van der Waals surface area (Å²) in [6.45, 7) is 6.63. The average Bonchev–Trinajstić information content (AvgIpc) is 3.04. The molecular weight excluding hydrogens is 328 g/mol. The monoisotopic (exact) mass is 354 g/mol. The van der Waals surface area contributed by atoms with E-state index < -0.39 is 0 Å². The van der Waals surface area contributed by atoms with E-state index in [1.807, 2.05) is 12.1 Å². The molecule has 1 amide bonds. The summed E-state index contributed by atoms with van der Waals surface area (Å²) >= 11 is 1.64. The number of anilines is 2. The molecule has 1 saturated heterocycles. The minimum atomic E-state index is 0.0552. The Balaban J connectivity index is 1.43. The Morgan fingerprint density at radius 1 is 1.16 bits per heavy atom. The van der Waals surface area contributed by atoms with Crippen molar-refractivity contribution in [2.24, 2.45) is 5.92 Å². The van der Waals surface area contributed by atoms with E-state index in [0.29, 0.717) is 5.75 Å². The summed E-state index contributed by atoms with van der Waals surface area (Å²) in [6.07, 6.45) is 1.26. The fourth-order valence-electron chi connectivity index (χ4n) is 3.07. The predicted molar refractivity (Wildman–Crippen MR) is 108 cm³/mol. The second-order valence-corrected chi connectivity index (χ2v) is 7.90. The molecule has 0 bridgehead atoms. The molecule has 1 unspecified atom stereocenters. The second kappa shape index (κ2) is 8.43. The SMILES string of the molecule is Cc1ccc(CSCC(=O)Nc2ccc(N3CCC(C)C3)cc2)cc1. The quantitative estimate of drug-likeness (QED) is 0.815. The van der Waals surface area contributed by atoms with Gasteiger partial charge in [0.25, 0.3) is 0 Å². The number of carbonyl (C=O) groups excluding carboxylic acids is 1. The molecule has 3 nitrogen and oxygen atoms in total. The zero-order valence-electron chi connectivity index (χ0n) is 15.0. The van der Waals surface area contributed by atoms with Gasteiger partial charge in [0.2, 0.25) is 5.91 Å². The van der Waals surface area contributed by atoms with Crippen LogP contribution in [0.25, 0.3) is 0 Å². The number of hydrogen-bond donors (Lipinski definition) is 1. The summed E-state index contributed by atoms with van der Waals surface area (Å²) in [6, 6.07) is 16.7. The number of rotatable bonds is 6. The van der Waals surface area contributed by atoms with Crippen molar-refractivity contribution in [3.05, 3.63) is 59.7 Å². The minimum absolute atomic E-state index is 0.0552. The molecular formula is C21H26N2OS. The summed E-state index contributed by atoms with van der Waals surface area (Å²) in [4.78, 5) is 14.5. The number of benzene rings is 2. The molecule has 1 fully saturated rings. The largest absolute Gasteiger partial charge is 0.371 e. The van der Waals surface area contributed by atoms with Gasteiger partial charge in [0.05, 0.1) is 5.75 Å². The van der Waals surface area contributed by atoms with E-state index in [-0.39, 0.29) is 5.91 Å². The van der Waals surface area contributed by atoms with Gasteiger partial charge in [0, 0.05) is 30.2 Å². The smallest absolute Gasteiger partial charge is 0.234 e. The number of aryl methyl sites for hydroxylation is 1. The van der Waals surface area contributed by atoms with E-state index in [4.69, 9.17) is 0 Å². The predicted octanol–water partition coefficient (Wildman–Crippen LogP) is 4.71. The molecule has 0 saturated carbocycles. The molecule has 2 aromatic carbocycles. The van der Waals surface area contributed by atoms with Crippen LogP contribution in [0.2, 0.25) is 0 Å². The van der Waals surface area contributed by atoms with E-state index in [1.165, 1.54) is 23.2 Å². The van der Waals surface area contributed by atoms with Crippen LogP contribution in [-0.4, -0.2) is 24.7 Å². The van der Waals surface area contributed by atoms with Crippen molar-refractivity contribution in [3.8, 4) is 0 Å². The van der Waals surface area contributed by atoms with E-state index in [0.717, 1.165) is 30.4 Å². The van der Waals surface area contributed by atoms with Crippen molar-refractivity contribution in [3.63, 3.8) is 0 Å². The van der Waals surface area contributed by atoms with Gasteiger partial charge in [-0.3, -0.25) is 4.79 Å². The Bertz CT molecular complexity index is 697. The van der Waals surface area contributed by atoms with Crippen LogP contribution in [0.3, 0.4) is 0 Å². The van der Waals surface area contributed by atoms with Gasteiger partial charge in [0.1, 0.15) is 0 Å². The van der Waals surface area contributed by atoms with Gasteiger partial charge in [-0.15, -0.1) is 11.8 Å². The zero-order valence-corrected chi connectivity index (χ0v) is 15.8. The molecule has 1 atom stereocenters. The van der Waals surface area contributed by atoms with Crippen LogP contribution in [0.4, 0.5) is 11.4 Å². The first-order valence-corrected chi connectivity index (χ1v) is 10.0. The van der Waals surface area contributed by atoms with Crippen LogP contribution in [0.1, 0.15) is 24.5 Å². The van der Waals surface area contributed by atoms with Gasteiger partial charge in [-0.25, -0.2) is 0 Å². The van der Waals surface area contributed by atoms with Crippen molar-refractivity contribution in [1.82, 2.24) is 0 Å². The molecule has 25 heavy (non-hydrogen) atoms. The maximum atomic E-state index is 12.1. The van der Waals surface area contributed by atoms with Crippen LogP contribution in [0, 0.1) is 12.8 Å². The van der Waals surface area contributed by atoms with E-state index in [2.05, 4.69) is 60.5 Å². The summed E-state index contributed by atoms with van der Waals surface area (Å²) in [5.74, 6) is 2.16. The number of hydrogen-bond acceptors (Lipinski definition) is 3. The minimum Gasteiger partial charge on any atom is -0.371 e. The number of nitrogens with zero attached hydrogens (tertiary/aromatic N) is 1. The number of thioether (sulfide) groups is 1. The van der Waals surface area contributed by atoms with E-state index in [1.54, 1.807) is 11.8 Å². The van der Waals surface area contributed by atoms with Crippen molar-refractivity contribution in [1.29, 1.82) is 0 Å². The first-order chi connectivity index (χ1) is 12.1. The van der Waals surface area contributed by atoms with Crippen LogP contribution in [0.15, 0.2) is 48.5 Å². The fourth-order valence-corrected chi connectivity index (χ4v) is 3.86. The average molecular weight is 355 g/mol. The highest BCUT2D eigenvalue weighted by molar-refractivity contribution is 7.99. The van der Waals surface area contributed by atoms with Crippen LogP contribution < -0.4 is 10.2 Å². The zero-order chi connectivity index (χ0) is 17.6. The van der Waals surface area contributed by atoms with Crippen molar-refractivity contribution < 1.29 is 4.79 Å². The highest BCUT2D eigenvalue weighted by Crippen LogP contribution is 2.24. The van der Waals surface area contributed by atoms with E-state index in [9.17, 15) is 4.79 Å². The fraction of sp³-hybridized carbons (Fsp3) is 0.381. The molecule has 0 spiro atoms. The van der Waals surface area contributed by atoms with Crippen molar-refractivity contribution >= 4 is 29.0 Å². The van der Waals surface area contributed by atoms with Crippen LogP contribution >= 0.6 is 11.8 Å². The Morgan fingerprint density at radius 2 is 1.88 bits per heavy atom. The lowest BCUT2D eigenvalue weighted by molar-refractivity contribution is -0.113. The van der Waals surface area contributed by atoms with Crippen molar-refractivity contribution in [2.75, 3.05) is 29.1 Å². The van der Waals surface area contributed by atoms with E-state index >= 15 is 0 Å². The lowest BCUT2D eigenvalue weighted by atomic mass is 10.2. The maximum Gasteiger partial charge on any atom is 0.234 e. The molecule has 1 aliphatic rings. The lowest BCUT2D eigenvalue weighted by Gasteiger charge is -2.18. The molecule has 0 aromatic heterocycles. The third-order valence-corrected chi connectivity index (χ3v) is 5.57. The normalized spacial score (nSPS) is 16.9. The molecule has 4 heteroatoms. The Labute approximate surface area is 154 Å². The first kappa shape index (κ1) is 17.9. The molecule has 0 radical (unpaired) electrons. The standard InChI is InChI=1S/C21H26N2OS/c1-16-3-5-18(6-4-16)14-25-15-21(24)22-19-7-9-20(10-8-19)23-12-11-17(2)13-23/h3-10,17H,11-15H2,1-2H3,(H,22,24). The maximum absolute atomic E-state index is 12.1. The number of carbonyl (C=O) groups is 1. The third kappa shape index (κ3) is 5.27. The van der Waals surface area contributed by atoms with Crippen LogP contribution in [0.5, 0.6) is 0 Å². The second-order valence-electron chi connectivity index (χ2n) is 6.91. The number of amides is 1. The summed E-state index contributed by atoms with van der Waals surface area (Å²) in [5, 5.41) is 2.99. The molecule has 1 heterocycles. The molecule has 0 aliphatic carbocycles. The van der Waals surface area contributed by atoms with Gasteiger partial charge in [0.15, 0.2) is 0 Å². The van der Waals surface area contributed by atoms with Gasteiger partial charge in [-0.2, -0.15) is 0 Å².